The van der Waals surface area contributed by atoms with E-state index in [0.29, 0.717) is 11.4 Å². The Hall–Kier alpha value is -2.02. The van der Waals surface area contributed by atoms with Gasteiger partial charge in [0.25, 0.3) is 10.0 Å². The molecular formula is C15H19N3O3S. The summed E-state index contributed by atoms with van der Waals surface area (Å²) < 4.78 is 34.7. The lowest BCUT2D eigenvalue weighted by atomic mass is 10.2. The first-order valence-corrected chi connectivity index (χ1v) is 8.65. The normalized spacial score (nSPS) is 18.2. The molecule has 6 nitrogen and oxygen atoms in total. The van der Waals surface area contributed by atoms with Crippen LogP contribution in [0.1, 0.15) is 26.8 Å². The molecule has 1 aliphatic heterocycles. The Bertz CT molecular complexity index is 783. The highest BCUT2D eigenvalue weighted by atomic mass is 32.2. The average Bonchev–Trinajstić information content (AvgIpc) is 2.97. The number of rotatable bonds is 3. The Morgan fingerprint density at radius 3 is 2.73 bits per heavy atom. The van der Waals surface area contributed by atoms with Crippen LogP contribution in [0.2, 0.25) is 0 Å². The van der Waals surface area contributed by atoms with Crippen molar-refractivity contribution in [2.75, 3.05) is 10.8 Å². The largest absolute Gasteiger partial charge is 0.487 e. The lowest BCUT2D eigenvalue weighted by molar-refractivity contribution is 0.219. The Labute approximate surface area is 130 Å². The number of ether oxygens (including phenoxy) is 1. The molecule has 0 saturated heterocycles. The Balaban J connectivity index is 2.05. The summed E-state index contributed by atoms with van der Waals surface area (Å²) in [4.78, 5) is 4.07. The zero-order valence-corrected chi connectivity index (χ0v) is 13.6. The van der Waals surface area contributed by atoms with Gasteiger partial charge in [-0.25, -0.2) is 4.98 Å². The molecule has 0 N–H and O–H groups in total. The van der Waals surface area contributed by atoms with E-state index in [-0.39, 0.29) is 23.7 Å². The van der Waals surface area contributed by atoms with Gasteiger partial charge in [-0.3, -0.25) is 4.31 Å². The van der Waals surface area contributed by atoms with E-state index < -0.39 is 10.0 Å². The van der Waals surface area contributed by atoms with Crippen LogP contribution in [-0.4, -0.2) is 30.6 Å². The number of imidazole rings is 1. The Morgan fingerprint density at radius 1 is 1.32 bits per heavy atom. The minimum Gasteiger partial charge on any atom is -0.487 e. The van der Waals surface area contributed by atoms with E-state index in [4.69, 9.17) is 4.74 Å². The maximum Gasteiger partial charge on any atom is 0.283 e. The van der Waals surface area contributed by atoms with E-state index in [1.165, 1.54) is 4.31 Å². The van der Waals surface area contributed by atoms with Crippen molar-refractivity contribution in [2.45, 2.75) is 37.9 Å². The van der Waals surface area contributed by atoms with Crippen LogP contribution in [0.3, 0.4) is 0 Å². The molecule has 2 heterocycles. The van der Waals surface area contributed by atoms with Crippen molar-refractivity contribution >= 4 is 15.7 Å². The molecule has 1 aromatic carbocycles. The van der Waals surface area contributed by atoms with Crippen molar-refractivity contribution in [3.05, 3.63) is 36.8 Å². The molecule has 1 unspecified atom stereocenters. The van der Waals surface area contributed by atoms with Gasteiger partial charge >= 0.3 is 0 Å². The van der Waals surface area contributed by atoms with Gasteiger partial charge in [0.1, 0.15) is 11.9 Å². The van der Waals surface area contributed by atoms with Gasteiger partial charge in [-0.15, -0.1) is 0 Å². The first kappa shape index (κ1) is 14.9. The van der Waals surface area contributed by atoms with E-state index in [2.05, 4.69) is 4.98 Å². The molecule has 0 saturated carbocycles. The summed E-state index contributed by atoms with van der Waals surface area (Å²) >= 11 is 0. The summed E-state index contributed by atoms with van der Waals surface area (Å²) in [7, 11) is -3.70. The van der Waals surface area contributed by atoms with Gasteiger partial charge in [0.15, 0.2) is 5.03 Å². The van der Waals surface area contributed by atoms with Gasteiger partial charge < -0.3 is 9.30 Å². The number of hydrogen-bond acceptors (Lipinski definition) is 4. The van der Waals surface area contributed by atoms with Crippen LogP contribution in [-0.2, 0) is 10.0 Å². The quantitative estimate of drug-likeness (QED) is 0.871. The highest BCUT2D eigenvalue weighted by Crippen LogP contribution is 2.36. The topological polar surface area (TPSA) is 64.4 Å². The maximum absolute atomic E-state index is 12.9. The number of sulfonamides is 1. The van der Waals surface area contributed by atoms with E-state index >= 15 is 0 Å². The van der Waals surface area contributed by atoms with Gasteiger partial charge in [-0.05, 0) is 32.9 Å². The third-order valence-electron chi connectivity index (χ3n) is 3.61. The van der Waals surface area contributed by atoms with Gasteiger partial charge in [-0.1, -0.05) is 12.1 Å². The fraction of sp³-hybridized carbons (Fsp3) is 0.400. The SMILES string of the molecule is CC1CN(S(=O)(=O)c2cn(C(C)C)cn2)c2ccccc2O1. The van der Waals surface area contributed by atoms with Gasteiger partial charge in [0, 0.05) is 12.2 Å². The molecule has 1 aliphatic rings. The van der Waals surface area contributed by atoms with E-state index in [9.17, 15) is 8.42 Å². The predicted molar refractivity (Wildman–Crippen MR) is 83.7 cm³/mol. The zero-order chi connectivity index (χ0) is 15.9. The van der Waals surface area contributed by atoms with Gasteiger partial charge in [-0.2, -0.15) is 8.42 Å². The van der Waals surface area contributed by atoms with Crippen molar-refractivity contribution in [1.29, 1.82) is 0 Å². The van der Waals surface area contributed by atoms with Crippen LogP contribution in [0.4, 0.5) is 5.69 Å². The second kappa shape index (κ2) is 5.31. The number of fused-ring (bicyclic) bond motifs is 1. The van der Waals surface area contributed by atoms with Crippen LogP contribution < -0.4 is 9.04 Å². The fourth-order valence-electron chi connectivity index (χ4n) is 2.42. The van der Waals surface area contributed by atoms with Gasteiger partial charge in [0.05, 0.1) is 18.6 Å². The van der Waals surface area contributed by atoms with Crippen LogP contribution in [0, 0.1) is 0 Å². The molecule has 0 fully saturated rings. The van der Waals surface area contributed by atoms with Crippen molar-refractivity contribution < 1.29 is 13.2 Å². The Morgan fingerprint density at radius 2 is 2.05 bits per heavy atom. The predicted octanol–water partition coefficient (Wildman–Crippen LogP) is 2.44. The molecule has 118 valence electrons. The molecular weight excluding hydrogens is 302 g/mol. The summed E-state index contributed by atoms with van der Waals surface area (Å²) in [6, 6.07) is 7.31. The molecule has 1 atom stereocenters. The molecule has 2 aromatic rings. The average molecular weight is 321 g/mol. The molecule has 3 rings (SSSR count). The number of aromatic nitrogens is 2. The number of anilines is 1. The summed E-state index contributed by atoms with van der Waals surface area (Å²) in [6.07, 6.45) is 2.91. The standard InChI is InChI=1S/C15H19N3O3S/c1-11(2)17-9-15(16-10-17)22(19,20)18-8-12(3)21-14-7-5-4-6-13(14)18/h4-7,9-12H,8H2,1-3H3. The third kappa shape index (κ3) is 2.45. The number of benzene rings is 1. The van der Waals surface area contributed by atoms with Crippen LogP contribution in [0.15, 0.2) is 41.8 Å². The molecule has 7 heteroatoms. The Kier molecular flexibility index (Phi) is 3.60. The minimum absolute atomic E-state index is 0.0603. The number of hydrogen-bond donors (Lipinski definition) is 0. The van der Waals surface area contributed by atoms with E-state index in [1.807, 2.05) is 26.8 Å². The monoisotopic (exact) mass is 321 g/mol. The summed E-state index contributed by atoms with van der Waals surface area (Å²) in [5.74, 6) is 0.577. The van der Waals surface area contributed by atoms with E-state index in [1.54, 1.807) is 35.3 Å². The van der Waals surface area contributed by atoms with Crippen LogP contribution >= 0.6 is 0 Å². The highest BCUT2D eigenvalue weighted by molar-refractivity contribution is 7.92. The second-order valence-electron chi connectivity index (χ2n) is 5.69. The third-order valence-corrected chi connectivity index (χ3v) is 5.28. The van der Waals surface area contributed by atoms with E-state index in [0.717, 1.165) is 0 Å². The number of nitrogens with zero attached hydrogens (tertiary/aromatic N) is 3. The van der Waals surface area contributed by atoms with Crippen molar-refractivity contribution in [3.63, 3.8) is 0 Å². The van der Waals surface area contributed by atoms with Crippen LogP contribution in [0.5, 0.6) is 5.75 Å². The second-order valence-corrected chi connectivity index (χ2v) is 7.49. The van der Waals surface area contributed by atoms with Gasteiger partial charge in [0.2, 0.25) is 0 Å². The van der Waals surface area contributed by atoms with Crippen molar-refractivity contribution in [2.24, 2.45) is 0 Å². The molecule has 0 spiro atoms. The number of para-hydroxylation sites is 2. The van der Waals surface area contributed by atoms with Crippen molar-refractivity contribution in [1.82, 2.24) is 9.55 Å². The lowest BCUT2D eigenvalue weighted by Gasteiger charge is -2.33. The molecule has 0 aliphatic carbocycles. The molecule has 22 heavy (non-hydrogen) atoms. The summed E-state index contributed by atoms with van der Waals surface area (Å²) in [5, 5.41) is 0.0603. The zero-order valence-electron chi connectivity index (χ0n) is 12.8. The first-order chi connectivity index (χ1) is 10.4. The molecule has 0 amide bonds. The molecule has 0 radical (unpaired) electrons. The minimum atomic E-state index is -3.70. The first-order valence-electron chi connectivity index (χ1n) is 7.21. The lowest BCUT2D eigenvalue weighted by Crippen LogP contribution is -2.42. The fourth-order valence-corrected chi connectivity index (χ4v) is 3.90. The van der Waals surface area contributed by atoms with Crippen LogP contribution in [0.25, 0.3) is 0 Å². The smallest absolute Gasteiger partial charge is 0.283 e. The maximum atomic E-state index is 12.9. The molecule has 0 bridgehead atoms. The van der Waals surface area contributed by atoms with Crippen molar-refractivity contribution in [3.8, 4) is 5.75 Å². The summed E-state index contributed by atoms with van der Waals surface area (Å²) in [6.45, 7) is 6.08. The molecule has 1 aromatic heterocycles. The highest BCUT2D eigenvalue weighted by Gasteiger charge is 2.34. The summed E-state index contributed by atoms with van der Waals surface area (Å²) in [5.41, 5.74) is 0.555.